The van der Waals surface area contributed by atoms with Crippen LogP contribution in [0.5, 0.6) is 5.75 Å². The van der Waals surface area contributed by atoms with E-state index < -0.39 is 0 Å². The van der Waals surface area contributed by atoms with Gasteiger partial charge in [0.05, 0.1) is 19.8 Å². The molecule has 154 valence electrons. The molecule has 1 fully saturated rings. The van der Waals surface area contributed by atoms with E-state index in [-0.39, 0.29) is 24.8 Å². The van der Waals surface area contributed by atoms with Crippen molar-refractivity contribution in [1.82, 2.24) is 5.32 Å². The number of carbonyl (C=O) groups is 2. The molecular weight excluding hydrogens is 392 g/mol. The lowest BCUT2D eigenvalue weighted by atomic mass is 10.1. The Labute approximate surface area is 175 Å². The second kappa shape index (κ2) is 9.76. The first-order valence-electron chi connectivity index (χ1n) is 9.56. The highest BCUT2D eigenvalue weighted by atomic mass is 35.5. The third-order valence-corrected chi connectivity index (χ3v) is 5.39. The first-order valence-corrected chi connectivity index (χ1v) is 9.94. The van der Waals surface area contributed by atoms with Crippen molar-refractivity contribution in [2.45, 2.75) is 13.8 Å². The number of ether oxygens (including phenoxy) is 2. The van der Waals surface area contributed by atoms with Crippen molar-refractivity contribution in [3.8, 4) is 5.75 Å². The van der Waals surface area contributed by atoms with Gasteiger partial charge in [0, 0.05) is 29.4 Å². The molecule has 7 heteroatoms. The van der Waals surface area contributed by atoms with Crippen LogP contribution in [0.2, 0.25) is 5.02 Å². The summed E-state index contributed by atoms with van der Waals surface area (Å²) in [6, 6.07) is 11.0. The molecular formula is C22H25ClN2O4. The minimum atomic E-state index is -0.353. The molecule has 0 saturated carbocycles. The summed E-state index contributed by atoms with van der Waals surface area (Å²) < 4.78 is 10.9. The Balaban J connectivity index is 1.46. The first kappa shape index (κ1) is 21.1. The number of halogens is 1. The zero-order chi connectivity index (χ0) is 20.8. The Morgan fingerprint density at radius 2 is 1.72 bits per heavy atom. The van der Waals surface area contributed by atoms with Gasteiger partial charge in [-0.25, -0.2) is 0 Å². The molecule has 0 bridgehead atoms. The number of nitrogens with one attached hydrogen (secondary N) is 1. The van der Waals surface area contributed by atoms with Gasteiger partial charge in [0.25, 0.3) is 5.91 Å². The maximum absolute atomic E-state index is 12.3. The minimum absolute atomic E-state index is 0.0717. The number of amides is 1. The van der Waals surface area contributed by atoms with Crippen LogP contribution in [-0.2, 0) is 9.53 Å². The number of anilines is 1. The van der Waals surface area contributed by atoms with E-state index >= 15 is 0 Å². The van der Waals surface area contributed by atoms with Crippen LogP contribution in [0.15, 0.2) is 36.4 Å². The van der Waals surface area contributed by atoms with E-state index in [0.29, 0.717) is 29.5 Å². The van der Waals surface area contributed by atoms with Crippen molar-refractivity contribution in [2.75, 3.05) is 44.4 Å². The van der Waals surface area contributed by atoms with Crippen molar-refractivity contribution in [2.24, 2.45) is 0 Å². The Morgan fingerprint density at radius 3 is 2.34 bits per heavy atom. The van der Waals surface area contributed by atoms with Crippen molar-refractivity contribution in [3.05, 3.63) is 58.1 Å². The van der Waals surface area contributed by atoms with Crippen LogP contribution in [0.3, 0.4) is 0 Å². The predicted octanol–water partition coefficient (Wildman–Crippen LogP) is 3.17. The van der Waals surface area contributed by atoms with Crippen LogP contribution in [-0.4, -0.2) is 51.1 Å². The molecule has 0 aliphatic carbocycles. The van der Waals surface area contributed by atoms with Gasteiger partial charge in [0.15, 0.2) is 12.4 Å². The topological polar surface area (TPSA) is 67.9 Å². The molecule has 0 atom stereocenters. The molecule has 29 heavy (non-hydrogen) atoms. The highest BCUT2D eigenvalue weighted by Gasteiger charge is 2.13. The molecule has 1 aliphatic heterocycles. The zero-order valence-corrected chi connectivity index (χ0v) is 17.4. The highest BCUT2D eigenvalue weighted by molar-refractivity contribution is 6.32. The number of Topliss-reactive ketones (excluding diaryl/α,β-unsaturated/α-hetero) is 1. The third kappa shape index (κ3) is 5.71. The molecule has 2 aromatic carbocycles. The van der Waals surface area contributed by atoms with E-state index in [9.17, 15) is 9.59 Å². The summed E-state index contributed by atoms with van der Waals surface area (Å²) in [4.78, 5) is 26.6. The summed E-state index contributed by atoms with van der Waals surface area (Å²) in [6.07, 6.45) is 0. The smallest absolute Gasteiger partial charge is 0.258 e. The third-order valence-electron chi connectivity index (χ3n) is 4.79. The quantitative estimate of drug-likeness (QED) is 0.702. The second-order valence-electron chi connectivity index (χ2n) is 7.01. The van der Waals surface area contributed by atoms with Gasteiger partial charge in [-0.15, -0.1) is 0 Å². The molecule has 6 nitrogen and oxygen atoms in total. The van der Waals surface area contributed by atoms with E-state index in [1.807, 2.05) is 26.0 Å². The molecule has 0 aromatic heterocycles. The van der Waals surface area contributed by atoms with E-state index in [0.717, 1.165) is 29.9 Å². The summed E-state index contributed by atoms with van der Waals surface area (Å²) in [5, 5.41) is 3.29. The molecule has 1 amide bonds. The number of rotatable bonds is 7. The lowest BCUT2D eigenvalue weighted by molar-refractivity contribution is -0.122. The average Bonchev–Trinajstić information content (AvgIpc) is 2.75. The Hall–Kier alpha value is -2.57. The van der Waals surface area contributed by atoms with Gasteiger partial charge in [-0.05, 0) is 61.4 Å². The number of aryl methyl sites for hydroxylation is 2. The Bertz CT molecular complexity index is 854. The van der Waals surface area contributed by atoms with Crippen LogP contribution in [0.25, 0.3) is 0 Å². The van der Waals surface area contributed by atoms with E-state index in [1.54, 1.807) is 24.3 Å². The lowest BCUT2D eigenvalue weighted by Gasteiger charge is -2.28. The molecule has 1 saturated heterocycles. The normalized spacial score (nSPS) is 13.8. The van der Waals surface area contributed by atoms with Crippen molar-refractivity contribution >= 4 is 29.0 Å². The molecule has 1 aliphatic rings. The average molecular weight is 417 g/mol. The van der Waals surface area contributed by atoms with Gasteiger partial charge in [0.1, 0.15) is 5.75 Å². The molecule has 1 heterocycles. The van der Waals surface area contributed by atoms with Gasteiger partial charge in [-0.2, -0.15) is 0 Å². The van der Waals surface area contributed by atoms with Crippen molar-refractivity contribution in [1.29, 1.82) is 0 Å². The SMILES string of the molecule is Cc1cc(OCC(=O)NCC(=O)c2ccc(N3CCOCC3)cc2)cc(C)c1Cl. The molecule has 0 radical (unpaired) electrons. The van der Waals surface area contributed by atoms with Crippen molar-refractivity contribution in [3.63, 3.8) is 0 Å². The fourth-order valence-electron chi connectivity index (χ4n) is 3.15. The minimum Gasteiger partial charge on any atom is -0.484 e. The van der Waals surface area contributed by atoms with Crippen LogP contribution >= 0.6 is 11.6 Å². The van der Waals surface area contributed by atoms with Gasteiger partial charge in [-0.1, -0.05) is 11.6 Å². The van der Waals surface area contributed by atoms with E-state index in [2.05, 4.69) is 10.2 Å². The zero-order valence-electron chi connectivity index (χ0n) is 16.7. The maximum atomic E-state index is 12.3. The lowest BCUT2D eigenvalue weighted by Crippen LogP contribution is -2.36. The highest BCUT2D eigenvalue weighted by Crippen LogP contribution is 2.25. The summed E-state index contributed by atoms with van der Waals surface area (Å²) >= 11 is 6.13. The van der Waals surface area contributed by atoms with Gasteiger partial charge in [0.2, 0.25) is 0 Å². The maximum Gasteiger partial charge on any atom is 0.258 e. The van der Waals surface area contributed by atoms with E-state index in [4.69, 9.17) is 21.1 Å². The molecule has 0 unspecified atom stereocenters. The number of hydrogen-bond acceptors (Lipinski definition) is 5. The van der Waals surface area contributed by atoms with Gasteiger partial charge < -0.3 is 19.7 Å². The molecule has 3 rings (SSSR count). The first-order chi connectivity index (χ1) is 13.9. The number of carbonyl (C=O) groups excluding carboxylic acids is 2. The monoisotopic (exact) mass is 416 g/mol. The summed E-state index contributed by atoms with van der Waals surface area (Å²) in [7, 11) is 0. The predicted molar refractivity (Wildman–Crippen MR) is 113 cm³/mol. The number of hydrogen-bond donors (Lipinski definition) is 1. The number of morpholine rings is 1. The fraction of sp³-hybridized carbons (Fsp3) is 0.364. The van der Waals surface area contributed by atoms with E-state index in [1.165, 1.54) is 0 Å². The summed E-state index contributed by atoms with van der Waals surface area (Å²) in [6.45, 7) is 6.64. The molecule has 1 N–H and O–H groups in total. The van der Waals surface area contributed by atoms with Crippen molar-refractivity contribution < 1.29 is 19.1 Å². The molecule has 0 spiro atoms. The fourth-order valence-corrected chi connectivity index (χ4v) is 3.26. The van der Waals surface area contributed by atoms with Crippen LogP contribution in [0.1, 0.15) is 21.5 Å². The number of benzene rings is 2. The number of ketones is 1. The molecule has 2 aromatic rings. The number of nitrogens with zero attached hydrogens (tertiary/aromatic N) is 1. The summed E-state index contributed by atoms with van der Waals surface area (Å²) in [5.41, 5.74) is 3.40. The largest absolute Gasteiger partial charge is 0.484 e. The second-order valence-corrected chi connectivity index (χ2v) is 7.38. The van der Waals surface area contributed by atoms with Gasteiger partial charge in [-0.3, -0.25) is 9.59 Å². The van der Waals surface area contributed by atoms with Crippen LogP contribution in [0, 0.1) is 13.8 Å². The van der Waals surface area contributed by atoms with Gasteiger partial charge >= 0.3 is 0 Å². The Morgan fingerprint density at radius 1 is 1.10 bits per heavy atom. The standard InChI is InChI=1S/C22H25ClN2O4/c1-15-11-19(12-16(2)22(15)23)29-14-21(27)24-13-20(26)17-3-5-18(6-4-17)25-7-9-28-10-8-25/h3-6,11-12H,7-10,13-14H2,1-2H3,(H,24,27). The summed E-state index contributed by atoms with van der Waals surface area (Å²) in [5.74, 6) is 0.0724. The van der Waals surface area contributed by atoms with Crippen LogP contribution < -0.4 is 15.0 Å². The Kier molecular flexibility index (Phi) is 7.12. The van der Waals surface area contributed by atoms with Crippen LogP contribution in [0.4, 0.5) is 5.69 Å².